The van der Waals surface area contributed by atoms with Crippen LogP contribution < -0.4 is 10.6 Å². The minimum atomic E-state index is -1.67. The molecule has 0 heterocycles. The highest BCUT2D eigenvalue weighted by Gasteiger charge is 2.33. The third-order valence-corrected chi connectivity index (χ3v) is 3.89. The van der Waals surface area contributed by atoms with Crippen LogP contribution in [0.15, 0.2) is 54.6 Å². The second-order valence-corrected chi connectivity index (χ2v) is 7.55. The van der Waals surface area contributed by atoms with Crippen LogP contribution in [0.1, 0.15) is 21.5 Å². The van der Waals surface area contributed by atoms with E-state index < -0.39 is 9.96 Å². The molecule has 0 aliphatic rings. The highest BCUT2D eigenvalue weighted by atomic mass is 35.6. The molecule has 0 spiro atoms. The Hall–Kier alpha value is -1.26. The summed E-state index contributed by atoms with van der Waals surface area (Å²) in [6.07, 6.45) is -0.819. The maximum absolute atomic E-state index is 12.3. The minimum absolute atomic E-state index is 0.300. The summed E-state index contributed by atoms with van der Waals surface area (Å²) in [6, 6.07) is 16.9. The Balaban J connectivity index is 2.05. The summed E-state index contributed by atoms with van der Waals surface area (Å²) in [5.74, 6) is -0.300. The van der Waals surface area contributed by atoms with Gasteiger partial charge in [-0.1, -0.05) is 82.8 Å². The van der Waals surface area contributed by atoms with Gasteiger partial charge >= 0.3 is 0 Å². The molecule has 122 valence electrons. The Labute approximate surface area is 150 Å². The van der Waals surface area contributed by atoms with Gasteiger partial charge in [-0.2, -0.15) is 0 Å². The number of halogens is 3. The lowest BCUT2D eigenvalue weighted by Gasteiger charge is -2.26. The molecule has 0 aliphatic heterocycles. The van der Waals surface area contributed by atoms with E-state index in [4.69, 9.17) is 34.8 Å². The average Bonchev–Trinajstić information content (AvgIpc) is 2.51. The van der Waals surface area contributed by atoms with Gasteiger partial charge in [0.2, 0.25) is 3.79 Å². The van der Waals surface area contributed by atoms with Gasteiger partial charge in [0.1, 0.15) is 6.17 Å². The summed E-state index contributed by atoms with van der Waals surface area (Å²) in [5.41, 5.74) is 2.53. The van der Waals surface area contributed by atoms with Gasteiger partial charge in [0.15, 0.2) is 0 Å². The summed E-state index contributed by atoms with van der Waals surface area (Å²) in [7, 11) is 0. The summed E-state index contributed by atoms with van der Waals surface area (Å²) in [6.45, 7) is 2.38. The molecule has 2 aromatic rings. The lowest BCUT2D eigenvalue weighted by Crippen LogP contribution is -2.53. The van der Waals surface area contributed by atoms with Gasteiger partial charge in [0, 0.05) is 12.1 Å². The number of carbonyl (C=O) groups excluding carboxylic acids is 1. The Kier molecular flexibility index (Phi) is 6.31. The first-order chi connectivity index (χ1) is 10.9. The van der Waals surface area contributed by atoms with Crippen LogP contribution in [-0.2, 0) is 6.54 Å². The average molecular weight is 372 g/mol. The molecular weight excluding hydrogens is 355 g/mol. The summed E-state index contributed by atoms with van der Waals surface area (Å²) >= 11 is 17.9. The van der Waals surface area contributed by atoms with Gasteiger partial charge in [-0.3, -0.25) is 10.1 Å². The Morgan fingerprint density at radius 1 is 1.09 bits per heavy atom. The molecule has 0 saturated carbocycles. The van der Waals surface area contributed by atoms with E-state index in [1.54, 1.807) is 12.1 Å². The van der Waals surface area contributed by atoms with Gasteiger partial charge in [-0.15, -0.1) is 0 Å². The molecule has 0 unspecified atom stereocenters. The molecule has 1 amide bonds. The molecule has 3 nitrogen and oxygen atoms in total. The van der Waals surface area contributed by atoms with Crippen LogP contribution in [0, 0.1) is 6.92 Å². The molecule has 23 heavy (non-hydrogen) atoms. The maximum atomic E-state index is 12.3. The second kappa shape index (κ2) is 8.02. The monoisotopic (exact) mass is 370 g/mol. The first-order valence-electron chi connectivity index (χ1n) is 7.08. The third kappa shape index (κ3) is 5.70. The van der Waals surface area contributed by atoms with E-state index in [9.17, 15) is 4.79 Å². The van der Waals surface area contributed by atoms with Crippen molar-refractivity contribution in [3.05, 3.63) is 71.3 Å². The number of hydrogen-bond acceptors (Lipinski definition) is 2. The largest absolute Gasteiger partial charge is 0.333 e. The van der Waals surface area contributed by atoms with Crippen molar-refractivity contribution in [2.45, 2.75) is 23.4 Å². The number of nitrogens with one attached hydrogen (secondary N) is 2. The van der Waals surface area contributed by atoms with Crippen molar-refractivity contribution in [3.8, 4) is 0 Å². The Morgan fingerprint density at radius 2 is 1.78 bits per heavy atom. The summed E-state index contributed by atoms with van der Waals surface area (Å²) in [5, 5.41) is 5.79. The van der Waals surface area contributed by atoms with Gasteiger partial charge in [-0.25, -0.2) is 0 Å². The molecule has 2 N–H and O–H groups in total. The van der Waals surface area contributed by atoms with E-state index in [1.165, 1.54) is 0 Å². The lowest BCUT2D eigenvalue weighted by molar-refractivity contribution is 0.0929. The van der Waals surface area contributed by atoms with E-state index >= 15 is 0 Å². The summed E-state index contributed by atoms with van der Waals surface area (Å²) in [4.78, 5) is 12.3. The number of alkyl halides is 3. The summed E-state index contributed by atoms with van der Waals surface area (Å²) < 4.78 is -1.67. The Bertz CT molecular complexity index is 656. The number of amides is 1. The van der Waals surface area contributed by atoms with Gasteiger partial charge in [-0.05, 0) is 24.6 Å². The van der Waals surface area contributed by atoms with Crippen LogP contribution in [0.3, 0.4) is 0 Å². The molecule has 1 atom stereocenters. The molecule has 0 aromatic heterocycles. The first-order valence-corrected chi connectivity index (χ1v) is 8.21. The van der Waals surface area contributed by atoms with Crippen molar-refractivity contribution in [2.75, 3.05) is 0 Å². The van der Waals surface area contributed by atoms with Crippen molar-refractivity contribution in [1.82, 2.24) is 10.6 Å². The highest BCUT2D eigenvalue weighted by Crippen LogP contribution is 2.29. The SMILES string of the molecule is Cc1cccc(C(=O)N[C@@H](NCc2ccccc2)C(Cl)(Cl)Cl)c1. The van der Waals surface area contributed by atoms with Crippen LogP contribution in [0.25, 0.3) is 0 Å². The maximum Gasteiger partial charge on any atom is 0.252 e. The van der Waals surface area contributed by atoms with Crippen LogP contribution in [0.2, 0.25) is 0 Å². The van der Waals surface area contributed by atoms with Crippen molar-refractivity contribution in [2.24, 2.45) is 0 Å². The zero-order valence-corrected chi connectivity index (χ0v) is 14.8. The van der Waals surface area contributed by atoms with Gasteiger partial charge < -0.3 is 5.32 Å². The van der Waals surface area contributed by atoms with E-state index in [0.29, 0.717) is 12.1 Å². The number of hydrogen-bond donors (Lipinski definition) is 2. The Morgan fingerprint density at radius 3 is 2.39 bits per heavy atom. The minimum Gasteiger partial charge on any atom is -0.333 e. The molecule has 2 aromatic carbocycles. The molecule has 0 fully saturated rings. The lowest BCUT2D eigenvalue weighted by atomic mass is 10.1. The molecule has 0 saturated heterocycles. The number of benzene rings is 2. The van der Waals surface area contributed by atoms with Crippen molar-refractivity contribution in [3.63, 3.8) is 0 Å². The zero-order chi connectivity index (χ0) is 16.9. The number of aryl methyl sites for hydroxylation is 1. The van der Waals surface area contributed by atoms with E-state index in [2.05, 4.69) is 10.6 Å². The standard InChI is InChI=1S/C17H17Cl3N2O/c1-12-6-5-9-14(10-12)15(23)22-16(17(18,19)20)21-11-13-7-3-2-4-8-13/h2-10,16,21H,11H2,1H3,(H,22,23)/t16-/m1/s1. The van der Waals surface area contributed by atoms with Crippen molar-refractivity contribution >= 4 is 40.7 Å². The molecule has 0 bridgehead atoms. The fourth-order valence-corrected chi connectivity index (χ4v) is 2.46. The first kappa shape index (κ1) is 18.1. The zero-order valence-electron chi connectivity index (χ0n) is 12.5. The molecular formula is C17H17Cl3N2O. The quantitative estimate of drug-likeness (QED) is 0.610. The predicted octanol–water partition coefficient (Wildman–Crippen LogP) is 4.21. The smallest absolute Gasteiger partial charge is 0.252 e. The molecule has 0 radical (unpaired) electrons. The normalized spacial score (nSPS) is 12.7. The number of rotatable bonds is 5. The number of carbonyl (C=O) groups is 1. The van der Waals surface area contributed by atoms with Gasteiger partial charge in [0.05, 0.1) is 0 Å². The van der Waals surface area contributed by atoms with Gasteiger partial charge in [0.25, 0.3) is 5.91 Å². The van der Waals surface area contributed by atoms with E-state index in [-0.39, 0.29) is 5.91 Å². The van der Waals surface area contributed by atoms with E-state index in [1.807, 2.05) is 49.4 Å². The van der Waals surface area contributed by atoms with Crippen LogP contribution in [0.5, 0.6) is 0 Å². The highest BCUT2D eigenvalue weighted by molar-refractivity contribution is 6.68. The fraction of sp³-hybridized carbons (Fsp3) is 0.235. The van der Waals surface area contributed by atoms with Crippen molar-refractivity contribution in [1.29, 1.82) is 0 Å². The predicted molar refractivity (Wildman–Crippen MR) is 96.0 cm³/mol. The molecule has 0 aliphatic carbocycles. The third-order valence-electron chi connectivity index (χ3n) is 3.24. The van der Waals surface area contributed by atoms with Crippen LogP contribution in [-0.4, -0.2) is 15.9 Å². The molecule has 6 heteroatoms. The van der Waals surface area contributed by atoms with Crippen LogP contribution >= 0.6 is 34.8 Å². The van der Waals surface area contributed by atoms with Crippen molar-refractivity contribution < 1.29 is 4.79 Å². The second-order valence-electron chi connectivity index (χ2n) is 5.18. The van der Waals surface area contributed by atoms with E-state index in [0.717, 1.165) is 11.1 Å². The topological polar surface area (TPSA) is 41.1 Å². The van der Waals surface area contributed by atoms with Crippen LogP contribution in [0.4, 0.5) is 0 Å². The molecule has 2 rings (SSSR count). The fourth-order valence-electron chi connectivity index (χ4n) is 2.07.